The van der Waals surface area contributed by atoms with E-state index >= 15 is 0 Å². The molecule has 0 saturated heterocycles. The Morgan fingerprint density at radius 3 is 2.61 bits per heavy atom. The Morgan fingerprint density at radius 2 is 1.76 bits per heavy atom. The molecule has 162 valence electrons. The number of nitrogens with zero attached hydrogens (tertiary/aromatic N) is 1. The summed E-state index contributed by atoms with van der Waals surface area (Å²) in [5, 5.41) is 8.55. The fourth-order valence-electron chi connectivity index (χ4n) is 3.74. The van der Waals surface area contributed by atoms with Crippen LogP contribution in [0.5, 0.6) is 0 Å². The number of aryl methyl sites for hydroxylation is 1. The Balaban J connectivity index is 1.39. The molecule has 0 spiro atoms. The van der Waals surface area contributed by atoms with E-state index in [0.29, 0.717) is 33.3 Å². The Kier molecular flexibility index (Phi) is 5.54. The molecule has 0 aliphatic carbocycles. The second-order valence-corrected chi connectivity index (χ2v) is 8.38. The molecule has 5 rings (SSSR count). The number of hydrogen-bond acceptors (Lipinski definition) is 4. The lowest BCUT2D eigenvalue weighted by Crippen LogP contribution is -2.34. The molecule has 0 unspecified atom stereocenters. The molecule has 33 heavy (non-hydrogen) atoms. The standard InChI is InChI=1S/C26H18ClN3O2S/c1-15-6-2-3-7-17(15)24(31)30-26(33)28-16-12-13-23-22(14-16)29-25(32-23)20-10-4-9-19-18(20)8-5-11-21(19)27/h2-14H,1H3,(H2,28,30,31,33). The maximum absolute atomic E-state index is 12.5. The molecule has 5 aromatic rings. The summed E-state index contributed by atoms with van der Waals surface area (Å²) >= 11 is 11.7. The van der Waals surface area contributed by atoms with Crippen LogP contribution in [0.4, 0.5) is 5.69 Å². The van der Waals surface area contributed by atoms with Crippen molar-refractivity contribution in [2.45, 2.75) is 6.92 Å². The van der Waals surface area contributed by atoms with Crippen molar-refractivity contribution in [2.24, 2.45) is 0 Å². The van der Waals surface area contributed by atoms with Gasteiger partial charge in [-0.25, -0.2) is 4.98 Å². The Labute approximate surface area is 200 Å². The molecule has 1 aromatic heterocycles. The maximum Gasteiger partial charge on any atom is 0.257 e. The van der Waals surface area contributed by atoms with Gasteiger partial charge in [0.05, 0.1) is 0 Å². The van der Waals surface area contributed by atoms with Crippen molar-refractivity contribution in [3.05, 3.63) is 95.0 Å². The van der Waals surface area contributed by atoms with Gasteiger partial charge >= 0.3 is 0 Å². The molecule has 0 saturated carbocycles. The summed E-state index contributed by atoms with van der Waals surface area (Å²) in [6, 6.07) is 24.4. The van der Waals surface area contributed by atoms with Crippen molar-refractivity contribution in [3.8, 4) is 11.5 Å². The van der Waals surface area contributed by atoms with Crippen molar-refractivity contribution in [3.63, 3.8) is 0 Å². The fraction of sp³-hybridized carbons (Fsp3) is 0.0385. The Morgan fingerprint density at radius 1 is 0.970 bits per heavy atom. The van der Waals surface area contributed by atoms with Gasteiger partial charge in [0.2, 0.25) is 5.89 Å². The third-order valence-corrected chi connectivity index (χ3v) is 5.90. The van der Waals surface area contributed by atoms with Crippen molar-refractivity contribution < 1.29 is 9.21 Å². The average molecular weight is 472 g/mol. The van der Waals surface area contributed by atoms with Gasteiger partial charge in [-0.2, -0.15) is 0 Å². The van der Waals surface area contributed by atoms with Gasteiger partial charge in [-0.15, -0.1) is 0 Å². The highest BCUT2D eigenvalue weighted by Crippen LogP contribution is 2.33. The number of thiocarbonyl (C=S) groups is 1. The minimum Gasteiger partial charge on any atom is -0.436 e. The zero-order valence-electron chi connectivity index (χ0n) is 17.6. The van der Waals surface area contributed by atoms with Crippen LogP contribution in [-0.4, -0.2) is 16.0 Å². The lowest BCUT2D eigenvalue weighted by molar-refractivity contribution is 0.0977. The molecular weight excluding hydrogens is 454 g/mol. The highest BCUT2D eigenvalue weighted by Gasteiger charge is 2.14. The first kappa shape index (κ1) is 21.1. The van der Waals surface area contributed by atoms with Crippen LogP contribution in [0.2, 0.25) is 5.02 Å². The van der Waals surface area contributed by atoms with Crippen LogP contribution in [0.1, 0.15) is 15.9 Å². The SMILES string of the molecule is Cc1ccccc1C(=O)NC(=S)Nc1ccc2oc(-c3cccc4c(Cl)cccc34)nc2c1. The van der Waals surface area contributed by atoms with Crippen molar-refractivity contribution >= 4 is 62.4 Å². The van der Waals surface area contributed by atoms with Crippen LogP contribution in [0.15, 0.2) is 83.3 Å². The maximum atomic E-state index is 12.5. The van der Waals surface area contributed by atoms with Gasteiger partial charge in [-0.3, -0.25) is 10.1 Å². The molecule has 1 amide bonds. The van der Waals surface area contributed by atoms with Crippen molar-refractivity contribution in [2.75, 3.05) is 5.32 Å². The van der Waals surface area contributed by atoms with Gasteiger partial charge in [-0.05, 0) is 66.5 Å². The topological polar surface area (TPSA) is 67.2 Å². The smallest absolute Gasteiger partial charge is 0.257 e. The molecule has 0 atom stereocenters. The number of amides is 1. The van der Waals surface area contributed by atoms with E-state index in [1.807, 2.05) is 79.7 Å². The quantitative estimate of drug-likeness (QED) is 0.285. The van der Waals surface area contributed by atoms with Crippen LogP contribution < -0.4 is 10.6 Å². The molecule has 2 N–H and O–H groups in total. The number of oxazole rings is 1. The van der Waals surface area contributed by atoms with Gasteiger partial charge in [0, 0.05) is 27.2 Å². The monoisotopic (exact) mass is 471 g/mol. The van der Waals surface area contributed by atoms with Gasteiger partial charge in [0.15, 0.2) is 10.7 Å². The van der Waals surface area contributed by atoms with Crippen LogP contribution >= 0.6 is 23.8 Å². The number of anilines is 1. The fourth-order valence-corrected chi connectivity index (χ4v) is 4.19. The number of carbonyl (C=O) groups excluding carboxylic acids is 1. The summed E-state index contributed by atoms with van der Waals surface area (Å²) < 4.78 is 6.01. The van der Waals surface area contributed by atoms with Crippen molar-refractivity contribution in [1.29, 1.82) is 0 Å². The second-order valence-electron chi connectivity index (χ2n) is 7.57. The molecule has 0 bridgehead atoms. The number of fused-ring (bicyclic) bond motifs is 2. The highest BCUT2D eigenvalue weighted by molar-refractivity contribution is 7.80. The summed E-state index contributed by atoms with van der Waals surface area (Å²) in [7, 11) is 0. The first-order valence-corrected chi connectivity index (χ1v) is 11.0. The number of benzene rings is 4. The van der Waals surface area contributed by atoms with Crippen molar-refractivity contribution in [1.82, 2.24) is 10.3 Å². The van der Waals surface area contributed by atoms with E-state index in [1.165, 1.54) is 0 Å². The number of aromatic nitrogens is 1. The molecule has 1 heterocycles. The van der Waals surface area contributed by atoms with Gasteiger partial charge in [0.1, 0.15) is 5.52 Å². The molecule has 4 aromatic carbocycles. The van der Waals surface area contributed by atoms with E-state index in [-0.39, 0.29) is 11.0 Å². The third kappa shape index (κ3) is 4.18. The highest BCUT2D eigenvalue weighted by atomic mass is 35.5. The van der Waals surface area contributed by atoms with E-state index in [9.17, 15) is 4.79 Å². The number of halogens is 1. The van der Waals surface area contributed by atoms with Crippen LogP contribution in [-0.2, 0) is 0 Å². The first-order chi connectivity index (χ1) is 16.0. The number of nitrogens with one attached hydrogen (secondary N) is 2. The van der Waals surface area contributed by atoms with Gasteiger partial charge in [-0.1, -0.05) is 54.1 Å². The predicted octanol–water partition coefficient (Wildman–Crippen LogP) is 6.74. The zero-order valence-corrected chi connectivity index (χ0v) is 19.1. The first-order valence-electron chi connectivity index (χ1n) is 10.3. The lowest BCUT2D eigenvalue weighted by Gasteiger charge is -2.10. The predicted molar refractivity (Wildman–Crippen MR) is 137 cm³/mol. The summed E-state index contributed by atoms with van der Waals surface area (Å²) in [5.41, 5.74) is 4.32. The van der Waals surface area contributed by atoms with E-state index in [2.05, 4.69) is 15.6 Å². The van der Waals surface area contributed by atoms with E-state index in [1.54, 1.807) is 6.07 Å². The molecule has 0 aliphatic rings. The van der Waals surface area contributed by atoms with E-state index in [4.69, 9.17) is 28.2 Å². The Hall–Kier alpha value is -3.74. The summed E-state index contributed by atoms with van der Waals surface area (Å²) in [4.78, 5) is 17.2. The molecule has 7 heteroatoms. The summed E-state index contributed by atoms with van der Waals surface area (Å²) in [5.74, 6) is 0.246. The largest absolute Gasteiger partial charge is 0.436 e. The normalized spacial score (nSPS) is 11.0. The summed E-state index contributed by atoms with van der Waals surface area (Å²) in [6.45, 7) is 1.88. The minimum absolute atomic E-state index is 0.204. The number of rotatable bonds is 3. The minimum atomic E-state index is -0.259. The zero-order chi connectivity index (χ0) is 22.9. The average Bonchev–Trinajstić information content (AvgIpc) is 3.22. The van der Waals surface area contributed by atoms with Crippen LogP contribution in [0, 0.1) is 6.92 Å². The number of hydrogen-bond donors (Lipinski definition) is 2. The lowest BCUT2D eigenvalue weighted by atomic mass is 10.0. The van der Waals surface area contributed by atoms with Gasteiger partial charge < -0.3 is 9.73 Å². The molecule has 0 fully saturated rings. The van der Waals surface area contributed by atoms with Crippen LogP contribution in [0.25, 0.3) is 33.3 Å². The second kappa shape index (κ2) is 8.65. The molecule has 0 aliphatic heterocycles. The van der Waals surface area contributed by atoms with Gasteiger partial charge in [0.25, 0.3) is 5.91 Å². The van der Waals surface area contributed by atoms with E-state index < -0.39 is 0 Å². The van der Waals surface area contributed by atoms with Crippen LogP contribution in [0.3, 0.4) is 0 Å². The Bertz CT molecular complexity index is 1540. The van der Waals surface area contributed by atoms with E-state index in [0.717, 1.165) is 21.9 Å². The molecule has 0 radical (unpaired) electrons. The number of carbonyl (C=O) groups is 1. The summed E-state index contributed by atoms with van der Waals surface area (Å²) in [6.07, 6.45) is 0. The third-order valence-electron chi connectivity index (χ3n) is 5.36. The molecular formula is C26H18ClN3O2S. The molecule has 5 nitrogen and oxygen atoms in total.